The summed E-state index contributed by atoms with van der Waals surface area (Å²) in [4.78, 5) is 5.41. The van der Waals surface area contributed by atoms with Gasteiger partial charge < -0.3 is 0 Å². The Labute approximate surface area is 171 Å². The van der Waals surface area contributed by atoms with Gasteiger partial charge in [-0.2, -0.15) is 5.10 Å². The van der Waals surface area contributed by atoms with Crippen molar-refractivity contribution in [1.29, 1.82) is 0 Å². The SMILES string of the molecule is Cc1nn2c(CNS(=O)(=O)Cc3ccc(Cl)cc3)c(-c3ccccc3)nc2s1. The van der Waals surface area contributed by atoms with E-state index < -0.39 is 10.0 Å². The summed E-state index contributed by atoms with van der Waals surface area (Å²) >= 11 is 7.33. The summed E-state index contributed by atoms with van der Waals surface area (Å²) in [6, 6.07) is 16.5. The predicted molar refractivity (Wildman–Crippen MR) is 112 cm³/mol. The zero-order valence-electron chi connectivity index (χ0n) is 15.0. The Morgan fingerprint density at radius 3 is 2.54 bits per heavy atom. The molecule has 4 aromatic rings. The normalized spacial score (nSPS) is 11.9. The molecule has 0 aliphatic carbocycles. The summed E-state index contributed by atoms with van der Waals surface area (Å²) in [5.74, 6) is -0.122. The van der Waals surface area contributed by atoms with Crippen molar-refractivity contribution in [3.05, 3.63) is 75.9 Å². The highest BCUT2D eigenvalue weighted by Crippen LogP contribution is 2.27. The lowest BCUT2D eigenvalue weighted by Gasteiger charge is -2.08. The van der Waals surface area contributed by atoms with Crippen molar-refractivity contribution >= 4 is 37.9 Å². The number of nitrogens with zero attached hydrogens (tertiary/aromatic N) is 3. The molecule has 0 fully saturated rings. The first-order chi connectivity index (χ1) is 13.4. The van der Waals surface area contributed by atoms with E-state index in [9.17, 15) is 8.42 Å². The van der Waals surface area contributed by atoms with Crippen LogP contribution in [0.4, 0.5) is 0 Å². The summed E-state index contributed by atoms with van der Waals surface area (Å²) in [7, 11) is -3.54. The Hall–Kier alpha value is -2.26. The van der Waals surface area contributed by atoms with Crippen molar-refractivity contribution in [1.82, 2.24) is 19.3 Å². The van der Waals surface area contributed by atoms with Gasteiger partial charge in [0, 0.05) is 10.6 Å². The minimum Gasteiger partial charge on any atom is -0.217 e. The van der Waals surface area contributed by atoms with E-state index in [-0.39, 0.29) is 12.3 Å². The zero-order valence-corrected chi connectivity index (χ0v) is 17.4. The first kappa shape index (κ1) is 19.1. The molecule has 0 atom stereocenters. The van der Waals surface area contributed by atoms with Crippen LogP contribution in [-0.2, 0) is 22.3 Å². The molecule has 9 heteroatoms. The highest BCUT2D eigenvalue weighted by Gasteiger charge is 2.19. The fourth-order valence-electron chi connectivity index (χ4n) is 2.90. The van der Waals surface area contributed by atoms with Gasteiger partial charge in [0.15, 0.2) is 0 Å². The molecule has 2 heterocycles. The molecule has 1 N–H and O–H groups in total. The second-order valence-corrected chi connectivity index (χ2v) is 9.70. The Kier molecular flexibility index (Phi) is 5.20. The number of hydrogen-bond donors (Lipinski definition) is 1. The molecular formula is C19H17ClN4O2S2. The van der Waals surface area contributed by atoms with Crippen molar-refractivity contribution in [2.24, 2.45) is 0 Å². The van der Waals surface area contributed by atoms with Crippen LogP contribution in [-0.4, -0.2) is 23.0 Å². The van der Waals surface area contributed by atoms with Gasteiger partial charge in [0.25, 0.3) is 0 Å². The van der Waals surface area contributed by atoms with Gasteiger partial charge in [-0.25, -0.2) is 22.6 Å². The molecule has 0 saturated carbocycles. The Bertz CT molecular complexity index is 1220. The smallest absolute Gasteiger partial charge is 0.216 e. The van der Waals surface area contributed by atoms with Crippen LogP contribution < -0.4 is 4.72 Å². The fraction of sp³-hybridized carbons (Fsp3) is 0.158. The standard InChI is InChI=1S/C19H17ClN4O2S2/c1-13-23-24-17(18(22-19(24)27-13)15-5-3-2-4-6-15)11-21-28(25,26)12-14-7-9-16(20)10-8-14/h2-10,21H,11-12H2,1H3. The average Bonchev–Trinajstić information content (AvgIpc) is 3.18. The highest BCUT2D eigenvalue weighted by atomic mass is 35.5. The van der Waals surface area contributed by atoms with Gasteiger partial charge >= 0.3 is 0 Å². The van der Waals surface area contributed by atoms with E-state index in [2.05, 4.69) is 14.8 Å². The molecule has 4 rings (SSSR count). The number of aryl methyl sites for hydroxylation is 1. The van der Waals surface area contributed by atoms with E-state index in [1.807, 2.05) is 37.3 Å². The Morgan fingerprint density at radius 1 is 1.11 bits per heavy atom. The third kappa shape index (κ3) is 4.10. The number of rotatable bonds is 6. The van der Waals surface area contributed by atoms with Crippen molar-refractivity contribution < 1.29 is 8.42 Å². The topological polar surface area (TPSA) is 76.4 Å². The maximum atomic E-state index is 12.6. The third-order valence-corrected chi connectivity index (χ3v) is 6.55. The van der Waals surface area contributed by atoms with Gasteiger partial charge in [-0.05, 0) is 24.6 Å². The zero-order chi connectivity index (χ0) is 19.7. The molecule has 0 radical (unpaired) electrons. The third-order valence-electron chi connectivity index (χ3n) is 4.17. The lowest BCUT2D eigenvalue weighted by Crippen LogP contribution is -2.25. The fourth-order valence-corrected chi connectivity index (χ4v) is 4.88. The molecule has 0 aliphatic heterocycles. The molecule has 28 heavy (non-hydrogen) atoms. The summed E-state index contributed by atoms with van der Waals surface area (Å²) in [6.07, 6.45) is 0. The van der Waals surface area contributed by atoms with Crippen molar-refractivity contribution in [3.63, 3.8) is 0 Å². The highest BCUT2D eigenvalue weighted by molar-refractivity contribution is 7.88. The quantitative estimate of drug-likeness (QED) is 0.499. The van der Waals surface area contributed by atoms with Crippen LogP contribution in [0.3, 0.4) is 0 Å². The molecule has 2 aromatic carbocycles. The number of nitrogens with one attached hydrogen (secondary N) is 1. The number of benzene rings is 2. The van der Waals surface area contributed by atoms with Gasteiger partial charge in [0.2, 0.25) is 15.0 Å². The lowest BCUT2D eigenvalue weighted by molar-refractivity contribution is 0.579. The summed E-state index contributed by atoms with van der Waals surface area (Å²) in [5, 5.41) is 5.92. The van der Waals surface area contributed by atoms with Gasteiger partial charge in [-0.15, -0.1) is 0 Å². The molecule has 0 bridgehead atoms. The van der Waals surface area contributed by atoms with Crippen LogP contribution in [0.1, 0.15) is 16.3 Å². The second kappa shape index (κ2) is 7.63. The van der Waals surface area contributed by atoms with Crippen LogP contribution >= 0.6 is 22.9 Å². The van der Waals surface area contributed by atoms with Crippen LogP contribution in [0.2, 0.25) is 5.02 Å². The van der Waals surface area contributed by atoms with Gasteiger partial charge in [0.05, 0.1) is 23.7 Å². The molecule has 0 amide bonds. The van der Waals surface area contributed by atoms with Crippen LogP contribution in [0.25, 0.3) is 16.2 Å². The van der Waals surface area contributed by atoms with E-state index in [1.54, 1.807) is 28.8 Å². The maximum absolute atomic E-state index is 12.6. The van der Waals surface area contributed by atoms with E-state index in [1.165, 1.54) is 11.3 Å². The Morgan fingerprint density at radius 2 is 1.82 bits per heavy atom. The second-order valence-electron chi connectivity index (χ2n) is 6.30. The van der Waals surface area contributed by atoms with Gasteiger partial charge in [-0.1, -0.05) is 65.4 Å². The van der Waals surface area contributed by atoms with Gasteiger partial charge in [0.1, 0.15) is 5.01 Å². The van der Waals surface area contributed by atoms with E-state index in [0.717, 1.165) is 21.2 Å². The number of hydrogen-bond acceptors (Lipinski definition) is 5. The lowest BCUT2D eigenvalue weighted by atomic mass is 10.1. The maximum Gasteiger partial charge on any atom is 0.216 e. The number of halogens is 1. The number of sulfonamides is 1. The van der Waals surface area contributed by atoms with Crippen molar-refractivity contribution in [2.45, 2.75) is 19.2 Å². The molecule has 0 aliphatic rings. The molecule has 2 aromatic heterocycles. The summed E-state index contributed by atoms with van der Waals surface area (Å²) in [5.41, 5.74) is 3.03. The van der Waals surface area contributed by atoms with Crippen molar-refractivity contribution in [2.75, 3.05) is 0 Å². The Balaban J connectivity index is 1.62. The average molecular weight is 433 g/mol. The minimum absolute atomic E-state index is 0.102. The summed E-state index contributed by atoms with van der Waals surface area (Å²) in [6.45, 7) is 2.00. The monoisotopic (exact) mass is 432 g/mol. The first-order valence-electron chi connectivity index (χ1n) is 8.53. The first-order valence-corrected chi connectivity index (χ1v) is 11.4. The van der Waals surface area contributed by atoms with Gasteiger partial charge in [-0.3, -0.25) is 0 Å². The molecule has 0 spiro atoms. The van der Waals surface area contributed by atoms with E-state index in [0.29, 0.717) is 16.3 Å². The van der Waals surface area contributed by atoms with Crippen LogP contribution in [0.5, 0.6) is 0 Å². The number of fused-ring (bicyclic) bond motifs is 1. The molecule has 0 saturated heterocycles. The number of imidazole rings is 1. The van der Waals surface area contributed by atoms with E-state index in [4.69, 9.17) is 11.6 Å². The largest absolute Gasteiger partial charge is 0.217 e. The predicted octanol–water partition coefficient (Wildman–Crippen LogP) is 4.04. The molecule has 6 nitrogen and oxygen atoms in total. The van der Waals surface area contributed by atoms with E-state index >= 15 is 0 Å². The van der Waals surface area contributed by atoms with Crippen molar-refractivity contribution in [3.8, 4) is 11.3 Å². The minimum atomic E-state index is -3.54. The molecular weight excluding hydrogens is 416 g/mol. The van der Waals surface area contributed by atoms with Crippen LogP contribution in [0.15, 0.2) is 54.6 Å². The number of aromatic nitrogens is 3. The molecule has 144 valence electrons. The molecule has 0 unspecified atom stereocenters. The van der Waals surface area contributed by atoms with Crippen LogP contribution in [0, 0.1) is 6.92 Å². The summed E-state index contributed by atoms with van der Waals surface area (Å²) < 4.78 is 29.5.